The minimum Gasteiger partial charge on any atom is -0.298 e. The fraction of sp³-hybridized carbons (Fsp3) is 0.0952. The second-order valence-corrected chi connectivity index (χ2v) is 6.68. The first-order valence-corrected chi connectivity index (χ1v) is 9.03. The van der Waals surface area contributed by atoms with E-state index in [1.807, 2.05) is 50.3 Å². The third-order valence-corrected chi connectivity index (χ3v) is 4.90. The third-order valence-electron chi connectivity index (χ3n) is 3.95. The molecule has 4 nitrogen and oxygen atoms in total. The van der Waals surface area contributed by atoms with Crippen molar-refractivity contribution in [2.45, 2.75) is 13.8 Å². The number of amides is 1. The molecule has 0 spiro atoms. The van der Waals surface area contributed by atoms with Gasteiger partial charge in [0.1, 0.15) is 0 Å². The van der Waals surface area contributed by atoms with Gasteiger partial charge in [-0.1, -0.05) is 54.3 Å². The van der Waals surface area contributed by atoms with E-state index in [1.54, 1.807) is 24.5 Å². The van der Waals surface area contributed by atoms with Crippen LogP contribution in [-0.2, 0) is 0 Å². The second kappa shape index (κ2) is 7.89. The number of nitrogens with one attached hydrogen (secondary N) is 1. The number of benzene rings is 1. The van der Waals surface area contributed by atoms with Gasteiger partial charge in [0.25, 0.3) is 5.91 Å². The molecule has 0 aliphatic carbocycles. The van der Waals surface area contributed by atoms with Gasteiger partial charge in [-0.15, -0.1) is 0 Å². The maximum absolute atomic E-state index is 12.9. The zero-order chi connectivity index (χ0) is 18.5. The SMILES string of the molecule is C=C/C=c1/sc(NC(=O)c2ccncc2-c2ccccc2C)n/c1=C/C. The maximum Gasteiger partial charge on any atom is 0.258 e. The number of allylic oxidation sites excluding steroid dienone is 1. The topological polar surface area (TPSA) is 54.9 Å². The lowest BCUT2D eigenvalue weighted by Gasteiger charge is -2.10. The van der Waals surface area contributed by atoms with Crippen LogP contribution in [-0.4, -0.2) is 15.9 Å². The quantitative estimate of drug-likeness (QED) is 0.773. The zero-order valence-electron chi connectivity index (χ0n) is 14.7. The predicted octanol–water partition coefficient (Wildman–Crippen LogP) is 3.53. The Labute approximate surface area is 156 Å². The monoisotopic (exact) mass is 361 g/mol. The summed E-state index contributed by atoms with van der Waals surface area (Å²) < 4.78 is 0.964. The van der Waals surface area contributed by atoms with Crippen LogP contribution >= 0.6 is 11.3 Å². The standard InChI is InChI=1S/C21H19N3OS/c1-4-8-19-18(5-2)23-21(26-19)24-20(25)16-11-12-22-13-17(16)15-10-7-6-9-14(15)3/h4-13H,1H2,2-3H3,(H,23,24,25)/b18-5+,19-8+. The number of anilines is 1. The van der Waals surface area contributed by atoms with Gasteiger partial charge in [0, 0.05) is 18.0 Å². The molecule has 130 valence electrons. The van der Waals surface area contributed by atoms with E-state index in [4.69, 9.17) is 0 Å². The van der Waals surface area contributed by atoms with Crippen LogP contribution in [0.3, 0.4) is 0 Å². The van der Waals surface area contributed by atoms with Crippen molar-refractivity contribution in [2.24, 2.45) is 0 Å². The number of aryl methyl sites for hydroxylation is 1. The number of carbonyl (C=O) groups is 1. The van der Waals surface area contributed by atoms with Gasteiger partial charge in [-0.25, -0.2) is 4.98 Å². The summed E-state index contributed by atoms with van der Waals surface area (Å²) in [5, 5.41) is 4.30. The fourth-order valence-electron chi connectivity index (χ4n) is 2.68. The molecular formula is C21H19N3OS. The van der Waals surface area contributed by atoms with Crippen LogP contribution < -0.4 is 15.2 Å². The molecule has 0 saturated carbocycles. The van der Waals surface area contributed by atoms with Gasteiger partial charge < -0.3 is 0 Å². The van der Waals surface area contributed by atoms with Crippen molar-refractivity contribution in [2.75, 3.05) is 5.32 Å². The van der Waals surface area contributed by atoms with Crippen molar-refractivity contribution < 1.29 is 4.79 Å². The highest BCUT2D eigenvalue weighted by atomic mass is 32.1. The van der Waals surface area contributed by atoms with Gasteiger partial charge in [0.15, 0.2) is 5.13 Å². The average Bonchev–Trinajstić information content (AvgIpc) is 3.04. The molecule has 0 aliphatic rings. The molecule has 1 aromatic carbocycles. The van der Waals surface area contributed by atoms with Gasteiger partial charge in [-0.2, -0.15) is 0 Å². The number of rotatable bonds is 4. The van der Waals surface area contributed by atoms with Gasteiger partial charge in [0.05, 0.1) is 15.4 Å². The molecule has 26 heavy (non-hydrogen) atoms. The largest absolute Gasteiger partial charge is 0.298 e. The van der Waals surface area contributed by atoms with Crippen LogP contribution in [0.1, 0.15) is 22.8 Å². The van der Waals surface area contributed by atoms with E-state index >= 15 is 0 Å². The average molecular weight is 361 g/mol. The molecule has 0 aliphatic heterocycles. The van der Waals surface area contributed by atoms with E-state index in [-0.39, 0.29) is 5.91 Å². The number of thiazole rings is 1. The Morgan fingerprint density at radius 2 is 2.04 bits per heavy atom. The van der Waals surface area contributed by atoms with Crippen LogP contribution in [0.5, 0.6) is 0 Å². The molecule has 0 unspecified atom stereocenters. The lowest BCUT2D eigenvalue weighted by Crippen LogP contribution is -2.20. The summed E-state index contributed by atoms with van der Waals surface area (Å²) in [5.74, 6) is -0.202. The van der Waals surface area contributed by atoms with Gasteiger partial charge >= 0.3 is 0 Å². The van der Waals surface area contributed by atoms with E-state index in [0.717, 1.165) is 26.6 Å². The summed E-state index contributed by atoms with van der Waals surface area (Å²) in [6.45, 7) is 7.65. The van der Waals surface area contributed by atoms with Crippen molar-refractivity contribution >= 4 is 34.5 Å². The van der Waals surface area contributed by atoms with Crippen molar-refractivity contribution in [1.82, 2.24) is 9.97 Å². The van der Waals surface area contributed by atoms with Crippen molar-refractivity contribution in [3.8, 4) is 11.1 Å². The molecule has 2 aromatic heterocycles. The molecule has 1 N–H and O–H groups in total. The summed E-state index contributed by atoms with van der Waals surface area (Å²) in [7, 11) is 0. The van der Waals surface area contributed by atoms with Crippen LogP contribution in [0, 0.1) is 6.92 Å². The van der Waals surface area contributed by atoms with Crippen LogP contribution in [0.2, 0.25) is 0 Å². The molecular weight excluding hydrogens is 342 g/mol. The number of hydrogen-bond donors (Lipinski definition) is 1. The smallest absolute Gasteiger partial charge is 0.258 e. The Balaban J connectivity index is 1.99. The molecule has 3 rings (SSSR count). The number of carbonyl (C=O) groups excluding carboxylic acids is 1. The summed E-state index contributed by atoms with van der Waals surface area (Å²) in [6.07, 6.45) is 8.85. The lowest BCUT2D eigenvalue weighted by atomic mass is 9.97. The molecule has 0 fully saturated rings. The minimum atomic E-state index is -0.202. The Morgan fingerprint density at radius 1 is 1.23 bits per heavy atom. The second-order valence-electron chi connectivity index (χ2n) is 5.65. The number of hydrogen-bond acceptors (Lipinski definition) is 4. The first kappa shape index (κ1) is 17.8. The summed E-state index contributed by atoms with van der Waals surface area (Å²) in [5.41, 5.74) is 3.46. The molecule has 3 aromatic rings. The molecule has 0 saturated heterocycles. The van der Waals surface area contributed by atoms with E-state index in [9.17, 15) is 4.79 Å². The molecule has 1 amide bonds. The first-order valence-electron chi connectivity index (χ1n) is 8.21. The van der Waals surface area contributed by atoms with E-state index < -0.39 is 0 Å². The van der Waals surface area contributed by atoms with Crippen LogP contribution in [0.25, 0.3) is 23.3 Å². The highest BCUT2D eigenvalue weighted by Gasteiger charge is 2.15. The van der Waals surface area contributed by atoms with E-state index in [1.165, 1.54) is 11.3 Å². The van der Waals surface area contributed by atoms with E-state index in [0.29, 0.717) is 10.7 Å². The Kier molecular flexibility index (Phi) is 5.39. The Bertz CT molecular complexity index is 1080. The highest BCUT2D eigenvalue weighted by Crippen LogP contribution is 2.26. The molecule has 2 heterocycles. The summed E-state index contributed by atoms with van der Waals surface area (Å²) in [6, 6.07) is 9.68. The molecule has 0 bridgehead atoms. The number of aromatic nitrogens is 2. The lowest BCUT2D eigenvalue weighted by molar-refractivity contribution is 0.102. The van der Waals surface area contributed by atoms with Gasteiger partial charge in [0.2, 0.25) is 0 Å². The highest BCUT2D eigenvalue weighted by molar-refractivity contribution is 7.13. The molecule has 5 heteroatoms. The van der Waals surface area contributed by atoms with Crippen LogP contribution in [0.15, 0.2) is 55.4 Å². The Hall–Kier alpha value is -3.05. The van der Waals surface area contributed by atoms with Gasteiger partial charge in [-0.3, -0.25) is 15.1 Å². The van der Waals surface area contributed by atoms with E-state index in [2.05, 4.69) is 21.9 Å². The van der Waals surface area contributed by atoms with Crippen molar-refractivity contribution in [3.05, 3.63) is 76.4 Å². The fourth-order valence-corrected chi connectivity index (χ4v) is 3.61. The number of nitrogens with zero attached hydrogens (tertiary/aromatic N) is 2. The molecule has 0 radical (unpaired) electrons. The van der Waals surface area contributed by atoms with Crippen molar-refractivity contribution in [3.63, 3.8) is 0 Å². The zero-order valence-corrected chi connectivity index (χ0v) is 15.5. The Morgan fingerprint density at radius 3 is 2.77 bits per heavy atom. The predicted molar refractivity (Wildman–Crippen MR) is 109 cm³/mol. The summed E-state index contributed by atoms with van der Waals surface area (Å²) >= 11 is 1.42. The first-order chi connectivity index (χ1) is 12.6. The van der Waals surface area contributed by atoms with Gasteiger partial charge in [-0.05, 0) is 37.1 Å². The normalized spacial score (nSPS) is 12.2. The number of pyridine rings is 1. The third kappa shape index (κ3) is 3.63. The van der Waals surface area contributed by atoms with Crippen molar-refractivity contribution in [1.29, 1.82) is 0 Å². The minimum absolute atomic E-state index is 0.202. The maximum atomic E-state index is 12.9. The summed E-state index contributed by atoms with van der Waals surface area (Å²) in [4.78, 5) is 21.5. The molecule has 0 atom stereocenters. The van der Waals surface area contributed by atoms with Crippen LogP contribution in [0.4, 0.5) is 5.13 Å².